The van der Waals surface area contributed by atoms with Crippen molar-refractivity contribution in [2.24, 2.45) is 0 Å². The third-order valence-electron chi connectivity index (χ3n) is 1.62. The van der Waals surface area contributed by atoms with Gasteiger partial charge in [-0.25, -0.2) is 4.98 Å². The van der Waals surface area contributed by atoms with Gasteiger partial charge in [-0.05, 0) is 25.4 Å². The Morgan fingerprint density at radius 3 is 2.94 bits per heavy atom. The third kappa shape index (κ3) is 3.13. The standard InChI is InChI=1S/C8H11N5S3/c1-3-9-7-12-11-6(15-7)4-14-8-10-5(2)13-16-8/h3-4H2,1-2H3,(H,9,12). The maximum Gasteiger partial charge on any atom is 0.205 e. The Bertz CT molecular complexity index is 452. The molecule has 0 spiro atoms. The van der Waals surface area contributed by atoms with Gasteiger partial charge in [0, 0.05) is 6.54 Å². The normalized spacial score (nSPS) is 10.6. The summed E-state index contributed by atoms with van der Waals surface area (Å²) in [6.45, 7) is 4.81. The lowest BCUT2D eigenvalue weighted by Gasteiger charge is -1.92. The highest BCUT2D eigenvalue weighted by Crippen LogP contribution is 2.26. The minimum absolute atomic E-state index is 0.803. The second-order valence-corrected chi connectivity index (χ2v) is 5.96. The summed E-state index contributed by atoms with van der Waals surface area (Å²) in [5.74, 6) is 1.63. The van der Waals surface area contributed by atoms with Gasteiger partial charge < -0.3 is 5.32 Å². The minimum atomic E-state index is 0.803. The van der Waals surface area contributed by atoms with Gasteiger partial charge in [-0.1, -0.05) is 23.1 Å². The fourth-order valence-corrected chi connectivity index (χ4v) is 3.43. The van der Waals surface area contributed by atoms with Crippen LogP contribution >= 0.6 is 34.6 Å². The van der Waals surface area contributed by atoms with Crippen LogP contribution in [0, 0.1) is 6.92 Å². The Hall–Kier alpha value is -0.730. The molecule has 1 N–H and O–H groups in total. The molecule has 0 atom stereocenters. The average molecular weight is 273 g/mol. The van der Waals surface area contributed by atoms with E-state index in [4.69, 9.17) is 0 Å². The number of hydrogen-bond acceptors (Lipinski definition) is 8. The molecule has 0 aliphatic rings. The highest BCUT2D eigenvalue weighted by molar-refractivity contribution is 8.00. The summed E-state index contributed by atoms with van der Waals surface area (Å²) in [5, 5.41) is 13.2. The quantitative estimate of drug-likeness (QED) is 0.844. The number of aromatic nitrogens is 4. The zero-order chi connectivity index (χ0) is 11.4. The lowest BCUT2D eigenvalue weighted by atomic mass is 10.8. The second-order valence-electron chi connectivity index (χ2n) is 2.93. The maximum atomic E-state index is 4.28. The van der Waals surface area contributed by atoms with Crippen molar-refractivity contribution in [3.8, 4) is 0 Å². The molecule has 2 rings (SSSR count). The van der Waals surface area contributed by atoms with Crippen molar-refractivity contribution in [1.82, 2.24) is 19.6 Å². The Morgan fingerprint density at radius 2 is 2.25 bits per heavy atom. The lowest BCUT2D eigenvalue weighted by molar-refractivity contribution is 1.03. The monoisotopic (exact) mass is 273 g/mol. The highest BCUT2D eigenvalue weighted by atomic mass is 32.2. The average Bonchev–Trinajstić information content (AvgIpc) is 2.85. The molecule has 16 heavy (non-hydrogen) atoms. The van der Waals surface area contributed by atoms with Gasteiger partial charge in [0.25, 0.3) is 0 Å². The number of anilines is 1. The molecule has 0 amide bonds. The van der Waals surface area contributed by atoms with Crippen LogP contribution in [0.2, 0.25) is 0 Å². The van der Waals surface area contributed by atoms with E-state index in [9.17, 15) is 0 Å². The molecule has 0 aromatic carbocycles. The molecule has 0 unspecified atom stereocenters. The molecule has 0 aliphatic heterocycles. The van der Waals surface area contributed by atoms with Crippen molar-refractivity contribution in [3.63, 3.8) is 0 Å². The zero-order valence-electron chi connectivity index (χ0n) is 8.93. The van der Waals surface area contributed by atoms with Gasteiger partial charge in [0.05, 0.1) is 5.75 Å². The van der Waals surface area contributed by atoms with Gasteiger partial charge in [-0.2, -0.15) is 4.37 Å². The first kappa shape index (κ1) is 11.7. The number of nitrogens with one attached hydrogen (secondary N) is 1. The molecule has 8 heteroatoms. The van der Waals surface area contributed by atoms with Gasteiger partial charge in [-0.3, -0.25) is 0 Å². The summed E-state index contributed by atoms with van der Waals surface area (Å²) in [6.07, 6.45) is 0. The van der Waals surface area contributed by atoms with Crippen LogP contribution < -0.4 is 5.32 Å². The van der Waals surface area contributed by atoms with E-state index in [-0.39, 0.29) is 0 Å². The van der Waals surface area contributed by atoms with Crippen LogP contribution in [0.1, 0.15) is 17.8 Å². The molecule has 0 fully saturated rings. The molecule has 2 aromatic heterocycles. The summed E-state index contributed by atoms with van der Waals surface area (Å²) in [6, 6.07) is 0. The van der Waals surface area contributed by atoms with E-state index in [2.05, 4.69) is 24.9 Å². The molecular weight excluding hydrogens is 262 g/mol. The first-order valence-electron chi connectivity index (χ1n) is 4.77. The predicted molar refractivity (Wildman–Crippen MR) is 68.3 cm³/mol. The van der Waals surface area contributed by atoms with E-state index in [1.165, 1.54) is 11.5 Å². The van der Waals surface area contributed by atoms with Gasteiger partial charge in [-0.15, -0.1) is 10.2 Å². The van der Waals surface area contributed by atoms with Crippen LogP contribution in [0.15, 0.2) is 4.34 Å². The Labute approximate surface area is 106 Å². The van der Waals surface area contributed by atoms with Crippen molar-refractivity contribution < 1.29 is 0 Å². The highest BCUT2D eigenvalue weighted by Gasteiger charge is 2.06. The van der Waals surface area contributed by atoms with E-state index in [0.717, 1.165) is 32.6 Å². The molecule has 5 nitrogen and oxygen atoms in total. The molecule has 0 radical (unpaired) electrons. The molecule has 0 saturated carbocycles. The first-order valence-corrected chi connectivity index (χ1v) is 7.35. The van der Waals surface area contributed by atoms with Crippen LogP contribution in [-0.2, 0) is 5.75 Å². The second kappa shape index (κ2) is 5.55. The predicted octanol–water partition coefficient (Wildman–Crippen LogP) is 2.42. The topological polar surface area (TPSA) is 63.6 Å². The SMILES string of the molecule is CCNc1nnc(CSc2nc(C)ns2)s1. The fraction of sp³-hybridized carbons (Fsp3) is 0.500. The summed E-state index contributed by atoms with van der Waals surface area (Å²) in [7, 11) is 0. The number of aryl methyl sites for hydroxylation is 1. The third-order valence-corrected chi connectivity index (χ3v) is 4.62. The first-order chi connectivity index (χ1) is 7.78. The van der Waals surface area contributed by atoms with Gasteiger partial charge in [0.2, 0.25) is 5.13 Å². The number of thioether (sulfide) groups is 1. The van der Waals surface area contributed by atoms with E-state index in [1.54, 1.807) is 23.1 Å². The van der Waals surface area contributed by atoms with Crippen LogP contribution in [-0.4, -0.2) is 26.1 Å². The van der Waals surface area contributed by atoms with Crippen molar-refractivity contribution >= 4 is 39.8 Å². The van der Waals surface area contributed by atoms with Crippen LogP contribution in [0.25, 0.3) is 0 Å². The Morgan fingerprint density at radius 1 is 1.38 bits per heavy atom. The van der Waals surface area contributed by atoms with Gasteiger partial charge in [0.15, 0.2) is 4.34 Å². The van der Waals surface area contributed by atoms with E-state index in [0.29, 0.717) is 0 Å². The van der Waals surface area contributed by atoms with E-state index in [1.807, 2.05) is 13.8 Å². The molecule has 0 aliphatic carbocycles. The Balaban J connectivity index is 1.89. The van der Waals surface area contributed by atoms with Crippen molar-refractivity contribution in [3.05, 3.63) is 10.8 Å². The molecule has 86 valence electrons. The summed E-state index contributed by atoms with van der Waals surface area (Å²) in [5.41, 5.74) is 0. The smallest absolute Gasteiger partial charge is 0.205 e. The summed E-state index contributed by atoms with van der Waals surface area (Å²) >= 11 is 4.67. The van der Waals surface area contributed by atoms with Crippen LogP contribution in [0.3, 0.4) is 0 Å². The summed E-state index contributed by atoms with van der Waals surface area (Å²) < 4.78 is 5.11. The van der Waals surface area contributed by atoms with Gasteiger partial charge in [0.1, 0.15) is 10.8 Å². The van der Waals surface area contributed by atoms with E-state index < -0.39 is 0 Å². The molecule has 2 aromatic rings. The van der Waals surface area contributed by atoms with Gasteiger partial charge >= 0.3 is 0 Å². The fourth-order valence-electron chi connectivity index (χ4n) is 0.995. The number of hydrogen-bond donors (Lipinski definition) is 1. The zero-order valence-corrected chi connectivity index (χ0v) is 11.4. The van der Waals surface area contributed by atoms with Crippen LogP contribution in [0.5, 0.6) is 0 Å². The lowest BCUT2D eigenvalue weighted by Crippen LogP contribution is -1.94. The molecule has 2 heterocycles. The molecular formula is C8H11N5S3. The number of nitrogens with zero attached hydrogens (tertiary/aromatic N) is 4. The maximum absolute atomic E-state index is 4.28. The summed E-state index contributed by atoms with van der Waals surface area (Å²) in [4.78, 5) is 4.28. The van der Waals surface area contributed by atoms with Crippen molar-refractivity contribution in [2.45, 2.75) is 23.9 Å². The Kier molecular flexibility index (Phi) is 4.08. The minimum Gasteiger partial charge on any atom is -0.360 e. The van der Waals surface area contributed by atoms with E-state index >= 15 is 0 Å². The van der Waals surface area contributed by atoms with Crippen LogP contribution in [0.4, 0.5) is 5.13 Å². The molecule has 0 saturated heterocycles. The molecule has 0 bridgehead atoms. The van der Waals surface area contributed by atoms with Crippen molar-refractivity contribution in [1.29, 1.82) is 0 Å². The number of rotatable bonds is 5. The largest absolute Gasteiger partial charge is 0.360 e. The van der Waals surface area contributed by atoms with Crippen molar-refractivity contribution in [2.75, 3.05) is 11.9 Å².